The second-order valence-corrected chi connectivity index (χ2v) is 3.57. The van der Waals surface area contributed by atoms with Gasteiger partial charge in [0.15, 0.2) is 0 Å². The Hall–Kier alpha value is -1.91. The first kappa shape index (κ1) is 12.2. The zero-order valence-corrected chi connectivity index (χ0v) is 8.95. The highest BCUT2D eigenvalue weighted by molar-refractivity contribution is 6.03. The van der Waals surface area contributed by atoms with E-state index in [0.29, 0.717) is 5.56 Å². The molecule has 1 aromatic carbocycles. The van der Waals surface area contributed by atoms with Crippen LogP contribution in [0.3, 0.4) is 0 Å². The summed E-state index contributed by atoms with van der Waals surface area (Å²) in [4.78, 5) is 21.9. The van der Waals surface area contributed by atoms with Gasteiger partial charge in [-0.15, -0.1) is 0 Å². The summed E-state index contributed by atoms with van der Waals surface area (Å²) < 4.78 is 13.0. The van der Waals surface area contributed by atoms with Crippen LogP contribution in [0.5, 0.6) is 0 Å². The topological polar surface area (TPSA) is 66.4 Å². The highest BCUT2D eigenvalue weighted by atomic mass is 19.1. The van der Waals surface area contributed by atoms with E-state index in [2.05, 4.69) is 5.32 Å². The van der Waals surface area contributed by atoms with Gasteiger partial charge in [-0.1, -0.05) is 0 Å². The van der Waals surface area contributed by atoms with E-state index in [1.54, 1.807) is 13.0 Å². The predicted octanol–water partition coefficient (Wildman–Crippen LogP) is 1.79. The molecule has 0 aliphatic rings. The highest BCUT2D eigenvalue weighted by Gasteiger charge is 2.20. The first-order valence-electron chi connectivity index (χ1n) is 4.71. The van der Waals surface area contributed by atoms with Crippen LogP contribution in [0.25, 0.3) is 0 Å². The van der Waals surface area contributed by atoms with Crippen LogP contribution in [0.4, 0.5) is 10.1 Å². The molecule has 5 heteroatoms. The third-order valence-corrected chi connectivity index (χ3v) is 2.07. The number of amides is 1. The number of carbonyl (C=O) groups is 2. The molecule has 1 amide bonds. The van der Waals surface area contributed by atoms with E-state index in [-0.39, 0.29) is 5.69 Å². The fraction of sp³-hybridized carbons (Fsp3) is 0.273. The number of benzene rings is 1. The minimum Gasteiger partial charge on any atom is -0.481 e. The standard InChI is InChI=1S/C11H12FNO3/c1-6-3-8(12)5-9(4-6)13-10(14)7(2)11(15)16/h3-5,7H,1-2H3,(H,13,14)(H,15,16). The first-order valence-corrected chi connectivity index (χ1v) is 4.71. The summed E-state index contributed by atoms with van der Waals surface area (Å²) in [5, 5.41) is 10.9. The number of aliphatic carboxylic acids is 1. The van der Waals surface area contributed by atoms with Crippen LogP contribution in [-0.2, 0) is 9.59 Å². The molecular formula is C11H12FNO3. The Bertz CT molecular complexity index is 411. The van der Waals surface area contributed by atoms with Crippen molar-refractivity contribution in [1.82, 2.24) is 0 Å². The molecule has 2 N–H and O–H groups in total. The Morgan fingerprint density at radius 3 is 2.50 bits per heavy atom. The lowest BCUT2D eigenvalue weighted by Crippen LogP contribution is -2.26. The molecule has 1 rings (SSSR count). The maximum Gasteiger partial charge on any atom is 0.315 e. The van der Waals surface area contributed by atoms with Crippen LogP contribution < -0.4 is 5.32 Å². The molecule has 86 valence electrons. The lowest BCUT2D eigenvalue weighted by molar-refractivity contribution is -0.144. The van der Waals surface area contributed by atoms with E-state index < -0.39 is 23.6 Å². The van der Waals surface area contributed by atoms with Crippen molar-refractivity contribution in [2.45, 2.75) is 13.8 Å². The van der Waals surface area contributed by atoms with Gasteiger partial charge in [-0.25, -0.2) is 4.39 Å². The van der Waals surface area contributed by atoms with Crippen LogP contribution in [0.1, 0.15) is 12.5 Å². The fourth-order valence-corrected chi connectivity index (χ4v) is 1.17. The SMILES string of the molecule is Cc1cc(F)cc(NC(=O)C(C)C(=O)O)c1. The maximum atomic E-state index is 13.0. The number of carboxylic acid groups (broad SMARTS) is 1. The average Bonchev–Trinajstić information content (AvgIpc) is 2.14. The molecule has 0 aromatic heterocycles. The van der Waals surface area contributed by atoms with Gasteiger partial charge in [-0.3, -0.25) is 9.59 Å². The van der Waals surface area contributed by atoms with Crippen molar-refractivity contribution in [2.75, 3.05) is 5.32 Å². The van der Waals surface area contributed by atoms with E-state index in [4.69, 9.17) is 5.11 Å². The number of aryl methyl sites for hydroxylation is 1. The summed E-state index contributed by atoms with van der Waals surface area (Å²) in [6, 6.07) is 4.02. The van der Waals surface area contributed by atoms with E-state index in [0.717, 1.165) is 6.07 Å². The molecule has 0 saturated carbocycles. The van der Waals surface area contributed by atoms with E-state index in [1.165, 1.54) is 13.0 Å². The number of anilines is 1. The van der Waals surface area contributed by atoms with Crippen LogP contribution in [0.2, 0.25) is 0 Å². The predicted molar refractivity (Wildman–Crippen MR) is 56.6 cm³/mol. The molecule has 0 radical (unpaired) electrons. The van der Waals surface area contributed by atoms with Crippen molar-refractivity contribution in [1.29, 1.82) is 0 Å². The summed E-state index contributed by atoms with van der Waals surface area (Å²) in [6.45, 7) is 2.95. The van der Waals surface area contributed by atoms with Crippen LogP contribution in [0, 0.1) is 18.7 Å². The molecule has 0 aliphatic carbocycles. The van der Waals surface area contributed by atoms with Crippen LogP contribution in [0.15, 0.2) is 18.2 Å². The van der Waals surface area contributed by atoms with E-state index in [9.17, 15) is 14.0 Å². The Morgan fingerprint density at radius 1 is 1.38 bits per heavy atom. The lowest BCUT2D eigenvalue weighted by Gasteiger charge is -2.09. The van der Waals surface area contributed by atoms with E-state index in [1.807, 2.05) is 0 Å². The zero-order chi connectivity index (χ0) is 12.3. The summed E-state index contributed by atoms with van der Waals surface area (Å²) in [6.07, 6.45) is 0. The van der Waals surface area contributed by atoms with Crippen LogP contribution in [-0.4, -0.2) is 17.0 Å². The highest BCUT2D eigenvalue weighted by Crippen LogP contribution is 2.14. The maximum absolute atomic E-state index is 13.0. The molecular weight excluding hydrogens is 213 g/mol. The van der Waals surface area contributed by atoms with Gasteiger partial charge >= 0.3 is 5.97 Å². The molecule has 1 aromatic rings. The Kier molecular flexibility index (Phi) is 3.60. The van der Waals surface area contributed by atoms with Gasteiger partial charge in [0.25, 0.3) is 0 Å². The van der Waals surface area contributed by atoms with Crippen molar-refractivity contribution in [3.63, 3.8) is 0 Å². The van der Waals surface area contributed by atoms with Gasteiger partial charge in [-0.05, 0) is 37.6 Å². The van der Waals surface area contributed by atoms with Crippen molar-refractivity contribution in [2.24, 2.45) is 5.92 Å². The summed E-state index contributed by atoms with van der Waals surface area (Å²) in [5.74, 6) is -3.52. The molecule has 0 heterocycles. The first-order chi connectivity index (χ1) is 7.40. The normalized spacial score (nSPS) is 11.9. The molecule has 4 nitrogen and oxygen atoms in total. The second-order valence-electron chi connectivity index (χ2n) is 3.57. The average molecular weight is 225 g/mol. The molecule has 0 spiro atoms. The van der Waals surface area contributed by atoms with Gasteiger partial charge in [0.05, 0.1) is 0 Å². The number of rotatable bonds is 3. The quantitative estimate of drug-likeness (QED) is 0.771. The Labute approximate surface area is 92.1 Å². The van der Waals surface area contributed by atoms with E-state index >= 15 is 0 Å². The van der Waals surface area contributed by atoms with Gasteiger partial charge in [0, 0.05) is 5.69 Å². The van der Waals surface area contributed by atoms with Gasteiger partial charge in [0.1, 0.15) is 11.7 Å². The van der Waals surface area contributed by atoms with Crippen molar-refractivity contribution in [3.8, 4) is 0 Å². The molecule has 1 atom stereocenters. The Balaban J connectivity index is 2.81. The number of nitrogens with one attached hydrogen (secondary N) is 1. The van der Waals surface area contributed by atoms with Gasteiger partial charge in [0.2, 0.25) is 5.91 Å². The smallest absolute Gasteiger partial charge is 0.315 e. The number of hydrogen-bond donors (Lipinski definition) is 2. The van der Waals surface area contributed by atoms with Crippen molar-refractivity contribution >= 4 is 17.6 Å². The fourth-order valence-electron chi connectivity index (χ4n) is 1.17. The van der Waals surface area contributed by atoms with Gasteiger partial charge < -0.3 is 10.4 Å². The number of carbonyl (C=O) groups excluding carboxylic acids is 1. The number of hydrogen-bond acceptors (Lipinski definition) is 2. The lowest BCUT2D eigenvalue weighted by atomic mass is 10.1. The summed E-state index contributed by atoms with van der Waals surface area (Å²) >= 11 is 0. The molecule has 0 bridgehead atoms. The Morgan fingerprint density at radius 2 is 2.00 bits per heavy atom. The summed E-state index contributed by atoms with van der Waals surface area (Å²) in [7, 11) is 0. The largest absolute Gasteiger partial charge is 0.481 e. The van der Waals surface area contributed by atoms with Crippen LogP contribution >= 0.6 is 0 Å². The molecule has 16 heavy (non-hydrogen) atoms. The second kappa shape index (κ2) is 4.74. The minimum atomic E-state index is -1.22. The minimum absolute atomic E-state index is 0.260. The molecule has 0 saturated heterocycles. The summed E-state index contributed by atoms with van der Waals surface area (Å²) in [5.41, 5.74) is 0.911. The third-order valence-electron chi connectivity index (χ3n) is 2.07. The number of carboxylic acids is 1. The third kappa shape index (κ3) is 3.05. The zero-order valence-electron chi connectivity index (χ0n) is 8.95. The molecule has 1 unspecified atom stereocenters. The number of halogens is 1. The van der Waals surface area contributed by atoms with Gasteiger partial charge in [-0.2, -0.15) is 0 Å². The monoisotopic (exact) mass is 225 g/mol. The van der Waals surface area contributed by atoms with Crippen molar-refractivity contribution < 1.29 is 19.1 Å². The molecule has 0 aliphatic heterocycles. The molecule has 0 fully saturated rings. The van der Waals surface area contributed by atoms with Crippen molar-refractivity contribution in [3.05, 3.63) is 29.6 Å².